The van der Waals surface area contributed by atoms with Crippen LogP contribution in [0.2, 0.25) is 0 Å². The molecule has 1 aromatic carbocycles. The Morgan fingerprint density at radius 3 is 2.70 bits per heavy atom. The molecule has 4 amide bonds. The summed E-state index contributed by atoms with van der Waals surface area (Å²) in [4.78, 5) is 24.8. The van der Waals surface area contributed by atoms with Gasteiger partial charge in [-0.25, -0.2) is 9.59 Å². The lowest BCUT2D eigenvalue weighted by Crippen LogP contribution is -2.38. The first-order valence-electron chi connectivity index (χ1n) is 7.85. The summed E-state index contributed by atoms with van der Waals surface area (Å²) in [5.41, 5.74) is 0.693. The molecule has 0 spiro atoms. The van der Waals surface area contributed by atoms with Gasteiger partial charge >= 0.3 is 12.1 Å². The zero-order chi connectivity index (χ0) is 16.7. The second kappa shape index (κ2) is 8.26. The Morgan fingerprint density at radius 1 is 1.35 bits per heavy atom. The zero-order valence-corrected chi connectivity index (χ0v) is 13.6. The minimum atomic E-state index is -0.291. The maximum absolute atomic E-state index is 11.8. The van der Waals surface area contributed by atoms with Gasteiger partial charge in [0.25, 0.3) is 0 Å². The van der Waals surface area contributed by atoms with E-state index in [-0.39, 0.29) is 12.1 Å². The smallest absolute Gasteiger partial charge is 0.319 e. The molecule has 1 aliphatic rings. The number of hydrogen-bond acceptors (Lipinski definition) is 3. The fourth-order valence-electron chi connectivity index (χ4n) is 2.10. The third kappa shape index (κ3) is 5.69. The van der Waals surface area contributed by atoms with Crippen molar-refractivity contribution in [2.45, 2.75) is 13.8 Å². The number of hydrogen-bond donors (Lipinski definition) is 3. The van der Waals surface area contributed by atoms with Crippen LogP contribution in [0.4, 0.5) is 15.3 Å². The zero-order valence-electron chi connectivity index (χ0n) is 13.6. The molecule has 0 unspecified atom stereocenters. The van der Waals surface area contributed by atoms with E-state index in [9.17, 15) is 9.59 Å². The fraction of sp³-hybridized carbons (Fsp3) is 0.500. The van der Waals surface area contributed by atoms with Crippen LogP contribution in [-0.2, 0) is 0 Å². The first kappa shape index (κ1) is 16.9. The van der Waals surface area contributed by atoms with E-state index in [1.54, 1.807) is 17.0 Å². The summed E-state index contributed by atoms with van der Waals surface area (Å²) < 4.78 is 5.59. The SMILES string of the molecule is CC(C)COc1ccc(NC(=O)NCCN2CCNC2=O)cc1. The maximum Gasteiger partial charge on any atom is 0.319 e. The molecule has 0 radical (unpaired) electrons. The lowest BCUT2D eigenvalue weighted by Gasteiger charge is -2.14. The van der Waals surface area contributed by atoms with Crippen LogP contribution in [0.3, 0.4) is 0 Å². The number of anilines is 1. The normalized spacial score (nSPS) is 13.9. The fourth-order valence-corrected chi connectivity index (χ4v) is 2.10. The van der Waals surface area contributed by atoms with Gasteiger partial charge in [0, 0.05) is 31.9 Å². The third-order valence-corrected chi connectivity index (χ3v) is 3.31. The van der Waals surface area contributed by atoms with Crippen LogP contribution in [0.15, 0.2) is 24.3 Å². The second-order valence-electron chi connectivity index (χ2n) is 5.83. The van der Waals surface area contributed by atoms with E-state index >= 15 is 0 Å². The van der Waals surface area contributed by atoms with Crippen LogP contribution >= 0.6 is 0 Å². The quantitative estimate of drug-likeness (QED) is 0.717. The summed E-state index contributed by atoms with van der Waals surface area (Å²) in [6.45, 7) is 7.10. The summed E-state index contributed by atoms with van der Waals surface area (Å²) in [6.07, 6.45) is 0. The minimum absolute atomic E-state index is 0.0794. The summed E-state index contributed by atoms with van der Waals surface area (Å²) in [7, 11) is 0. The number of carbonyl (C=O) groups excluding carboxylic acids is 2. The Morgan fingerprint density at radius 2 is 2.09 bits per heavy atom. The van der Waals surface area contributed by atoms with Crippen LogP contribution < -0.4 is 20.7 Å². The van der Waals surface area contributed by atoms with Gasteiger partial charge in [0.2, 0.25) is 0 Å². The highest BCUT2D eigenvalue weighted by atomic mass is 16.5. The number of nitrogens with zero attached hydrogens (tertiary/aromatic N) is 1. The van der Waals surface area contributed by atoms with Crippen molar-refractivity contribution < 1.29 is 14.3 Å². The highest BCUT2D eigenvalue weighted by molar-refractivity contribution is 5.89. The van der Waals surface area contributed by atoms with Crippen molar-refractivity contribution in [2.24, 2.45) is 5.92 Å². The summed E-state index contributed by atoms with van der Waals surface area (Å²) >= 11 is 0. The standard InChI is InChI=1S/C16H24N4O3/c1-12(2)11-23-14-5-3-13(4-6-14)19-15(21)17-7-9-20-10-8-18-16(20)22/h3-6,12H,7-11H2,1-2H3,(H,18,22)(H2,17,19,21). The molecule has 3 N–H and O–H groups in total. The average Bonchev–Trinajstić information content (AvgIpc) is 2.92. The van der Waals surface area contributed by atoms with E-state index in [4.69, 9.17) is 4.74 Å². The van der Waals surface area contributed by atoms with Gasteiger partial charge in [0.15, 0.2) is 0 Å². The summed E-state index contributed by atoms with van der Waals surface area (Å²) in [6, 6.07) is 6.87. The number of urea groups is 2. The van der Waals surface area contributed by atoms with Crippen molar-refractivity contribution in [3.8, 4) is 5.75 Å². The number of nitrogens with one attached hydrogen (secondary N) is 3. The van der Waals surface area contributed by atoms with Gasteiger partial charge < -0.3 is 25.6 Å². The molecule has 7 heteroatoms. The first-order chi connectivity index (χ1) is 11.0. The van der Waals surface area contributed by atoms with E-state index in [0.717, 1.165) is 5.75 Å². The lowest BCUT2D eigenvalue weighted by atomic mass is 10.2. The Bertz CT molecular complexity index is 531. The van der Waals surface area contributed by atoms with Crippen molar-refractivity contribution >= 4 is 17.7 Å². The maximum atomic E-state index is 11.8. The predicted octanol–water partition coefficient (Wildman–Crippen LogP) is 1.87. The van der Waals surface area contributed by atoms with Crippen molar-refractivity contribution in [3.05, 3.63) is 24.3 Å². The molecule has 1 aromatic rings. The molecule has 7 nitrogen and oxygen atoms in total. The molecule has 0 saturated carbocycles. The molecule has 0 atom stereocenters. The van der Waals surface area contributed by atoms with Crippen LogP contribution in [0.25, 0.3) is 0 Å². The van der Waals surface area contributed by atoms with Gasteiger partial charge in [0.05, 0.1) is 6.61 Å². The lowest BCUT2D eigenvalue weighted by molar-refractivity contribution is 0.216. The van der Waals surface area contributed by atoms with Crippen molar-refractivity contribution in [1.29, 1.82) is 0 Å². The molecule has 0 aliphatic carbocycles. The number of amides is 4. The van der Waals surface area contributed by atoms with Crippen molar-refractivity contribution in [2.75, 3.05) is 38.1 Å². The molecule has 23 heavy (non-hydrogen) atoms. The van der Waals surface area contributed by atoms with Crippen molar-refractivity contribution in [3.63, 3.8) is 0 Å². The predicted molar refractivity (Wildman–Crippen MR) is 88.8 cm³/mol. The van der Waals surface area contributed by atoms with Crippen LogP contribution in [0.5, 0.6) is 5.75 Å². The molecule has 1 fully saturated rings. The van der Waals surface area contributed by atoms with Crippen LogP contribution in [0, 0.1) is 5.92 Å². The Kier molecular flexibility index (Phi) is 6.08. The van der Waals surface area contributed by atoms with Crippen LogP contribution in [-0.4, -0.2) is 49.7 Å². The van der Waals surface area contributed by atoms with Crippen LogP contribution in [0.1, 0.15) is 13.8 Å². The second-order valence-corrected chi connectivity index (χ2v) is 5.83. The van der Waals surface area contributed by atoms with Gasteiger partial charge in [0.1, 0.15) is 5.75 Å². The Labute approximate surface area is 136 Å². The minimum Gasteiger partial charge on any atom is -0.493 e. The number of carbonyl (C=O) groups is 2. The van der Waals surface area contributed by atoms with Gasteiger partial charge in [-0.1, -0.05) is 13.8 Å². The molecule has 1 aliphatic heterocycles. The first-order valence-corrected chi connectivity index (χ1v) is 7.85. The molecular weight excluding hydrogens is 296 g/mol. The largest absolute Gasteiger partial charge is 0.493 e. The van der Waals surface area contributed by atoms with E-state index in [1.165, 1.54) is 0 Å². The molecule has 0 aromatic heterocycles. The van der Waals surface area contributed by atoms with Gasteiger partial charge in [-0.3, -0.25) is 0 Å². The molecule has 126 valence electrons. The highest BCUT2D eigenvalue weighted by Crippen LogP contribution is 2.16. The molecule has 1 heterocycles. The topological polar surface area (TPSA) is 82.7 Å². The monoisotopic (exact) mass is 320 g/mol. The van der Waals surface area contributed by atoms with Crippen molar-refractivity contribution in [1.82, 2.24) is 15.5 Å². The van der Waals surface area contributed by atoms with E-state index in [1.807, 2.05) is 12.1 Å². The molecule has 0 bridgehead atoms. The Balaban J connectivity index is 1.69. The summed E-state index contributed by atoms with van der Waals surface area (Å²) in [5, 5.41) is 8.19. The number of ether oxygens (including phenoxy) is 1. The van der Waals surface area contributed by atoms with Gasteiger partial charge in [-0.15, -0.1) is 0 Å². The highest BCUT2D eigenvalue weighted by Gasteiger charge is 2.18. The van der Waals surface area contributed by atoms with Gasteiger partial charge in [-0.2, -0.15) is 0 Å². The average molecular weight is 320 g/mol. The summed E-state index contributed by atoms with van der Waals surface area (Å²) in [5.74, 6) is 1.25. The molecular formula is C16H24N4O3. The number of rotatable bonds is 7. The molecule has 1 saturated heterocycles. The molecule has 2 rings (SSSR count). The number of benzene rings is 1. The van der Waals surface area contributed by atoms with Gasteiger partial charge in [-0.05, 0) is 30.2 Å². The third-order valence-electron chi connectivity index (χ3n) is 3.31. The van der Waals surface area contributed by atoms with E-state index in [0.29, 0.717) is 44.4 Å². The Hall–Kier alpha value is -2.44. The van der Waals surface area contributed by atoms with E-state index in [2.05, 4.69) is 29.8 Å². The van der Waals surface area contributed by atoms with E-state index < -0.39 is 0 Å².